The molecule has 0 aromatic carbocycles. The maximum atomic E-state index is 9.33. The minimum Gasteiger partial charge on any atom is -0.392 e. The molecule has 0 aromatic rings. The van der Waals surface area contributed by atoms with Crippen molar-refractivity contribution in [1.29, 1.82) is 0 Å². The summed E-state index contributed by atoms with van der Waals surface area (Å²) in [5, 5.41) is 10.6. The molecule has 0 bridgehead atoms. The van der Waals surface area contributed by atoms with Crippen LogP contribution in [0.5, 0.6) is 0 Å². The average Bonchev–Trinajstić information content (AvgIpc) is 2.06. The predicted octanol–water partition coefficient (Wildman–Crippen LogP) is 2.82. The van der Waals surface area contributed by atoms with E-state index in [0.29, 0.717) is 5.25 Å². The number of hydrogen-bond acceptors (Lipinski definition) is 2. The third-order valence-electron chi connectivity index (χ3n) is 2.64. The molecule has 2 heteroatoms. The van der Waals surface area contributed by atoms with Crippen LogP contribution in [0.3, 0.4) is 0 Å². The lowest BCUT2D eigenvalue weighted by Gasteiger charge is -2.25. The van der Waals surface area contributed by atoms with E-state index in [0.717, 1.165) is 5.25 Å². The molecule has 0 aromatic heterocycles. The van der Waals surface area contributed by atoms with Crippen LogP contribution in [-0.4, -0.2) is 21.7 Å². The second-order valence-corrected chi connectivity index (χ2v) is 5.52. The minimum absolute atomic E-state index is 0.156. The molecule has 1 fully saturated rings. The predicted molar refractivity (Wildman–Crippen MR) is 55.6 cm³/mol. The highest BCUT2D eigenvalue weighted by Crippen LogP contribution is 2.31. The van der Waals surface area contributed by atoms with Crippen molar-refractivity contribution < 1.29 is 5.11 Å². The van der Waals surface area contributed by atoms with Gasteiger partial charge in [0, 0.05) is 10.5 Å². The fourth-order valence-electron chi connectivity index (χ4n) is 1.62. The number of rotatable bonds is 3. The van der Waals surface area contributed by atoms with Crippen molar-refractivity contribution in [3.8, 4) is 0 Å². The first-order valence-corrected chi connectivity index (χ1v) is 5.98. The van der Waals surface area contributed by atoms with Gasteiger partial charge in [-0.3, -0.25) is 0 Å². The molecule has 0 radical (unpaired) electrons. The van der Waals surface area contributed by atoms with Gasteiger partial charge in [0.2, 0.25) is 0 Å². The van der Waals surface area contributed by atoms with Gasteiger partial charge in [-0.05, 0) is 19.8 Å². The van der Waals surface area contributed by atoms with E-state index in [1.54, 1.807) is 0 Å². The molecule has 0 amide bonds. The van der Waals surface area contributed by atoms with Crippen LogP contribution >= 0.6 is 11.8 Å². The van der Waals surface area contributed by atoms with Crippen molar-refractivity contribution in [1.82, 2.24) is 0 Å². The van der Waals surface area contributed by atoms with Crippen LogP contribution < -0.4 is 0 Å². The molecule has 0 saturated heterocycles. The van der Waals surface area contributed by atoms with Crippen molar-refractivity contribution in [2.45, 2.75) is 62.6 Å². The Morgan fingerprint density at radius 3 is 2.25 bits per heavy atom. The molecule has 1 rings (SSSR count). The molecule has 0 heterocycles. The fraction of sp³-hybridized carbons (Fsp3) is 1.00. The van der Waals surface area contributed by atoms with Gasteiger partial charge in [-0.15, -0.1) is 0 Å². The van der Waals surface area contributed by atoms with Gasteiger partial charge >= 0.3 is 0 Å². The van der Waals surface area contributed by atoms with E-state index in [-0.39, 0.29) is 6.10 Å². The zero-order valence-electron chi connectivity index (χ0n) is 8.12. The monoisotopic (exact) mass is 188 g/mol. The molecule has 0 aliphatic heterocycles. The smallest absolute Gasteiger partial charge is 0.0628 e. The highest BCUT2D eigenvalue weighted by atomic mass is 32.2. The minimum atomic E-state index is -0.156. The Kier molecular flexibility index (Phi) is 4.44. The van der Waals surface area contributed by atoms with Gasteiger partial charge in [-0.25, -0.2) is 0 Å². The van der Waals surface area contributed by atoms with E-state index in [2.05, 4.69) is 6.92 Å². The van der Waals surface area contributed by atoms with Crippen LogP contribution in [-0.2, 0) is 0 Å². The third-order valence-corrected chi connectivity index (χ3v) is 4.32. The lowest BCUT2D eigenvalue weighted by molar-refractivity contribution is 0.196. The van der Waals surface area contributed by atoms with Gasteiger partial charge in [0.1, 0.15) is 0 Å². The molecule has 2 atom stereocenters. The van der Waals surface area contributed by atoms with Crippen LogP contribution in [0.2, 0.25) is 0 Å². The Bertz CT molecular complexity index is 119. The van der Waals surface area contributed by atoms with Gasteiger partial charge in [-0.1, -0.05) is 26.2 Å². The lowest BCUT2D eigenvalue weighted by atomic mass is 10.0. The van der Waals surface area contributed by atoms with Crippen molar-refractivity contribution in [2.75, 3.05) is 0 Å². The van der Waals surface area contributed by atoms with E-state index in [1.165, 1.54) is 32.1 Å². The maximum absolute atomic E-state index is 9.33. The highest BCUT2D eigenvalue weighted by Gasteiger charge is 2.18. The molecule has 1 aliphatic carbocycles. The number of thioether (sulfide) groups is 1. The summed E-state index contributed by atoms with van der Waals surface area (Å²) in [6, 6.07) is 0. The van der Waals surface area contributed by atoms with E-state index in [4.69, 9.17) is 0 Å². The quantitative estimate of drug-likeness (QED) is 0.735. The number of aliphatic hydroxyl groups excluding tert-OH is 1. The van der Waals surface area contributed by atoms with Crippen molar-refractivity contribution in [3.63, 3.8) is 0 Å². The molecule has 0 spiro atoms. The molecule has 2 unspecified atom stereocenters. The van der Waals surface area contributed by atoms with Crippen molar-refractivity contribution in [2.24, 2.45) is 0 Å². The molecule has 1 N–H and O–H groups in total. The van der Waals surface area contributed by atoms with E-state index < -0.39 is 0 Å². The first-order valence-electron chi connectivity index (χ1n) is 5.03. The van der Waals surface area contributed by atoms with Crippen LogP contribution in [0.25, 0.3) is 0 Å². The van der Waals surface area contributed by atoms with E-state index in [1.807, 2.05) is 18.7 Å². The molecular weight excluding hydrogens is 168 g/mol. The lowest BCUT2D eigenvalue weighted by Crippen LogP contribution is -2.20. The zero-order valence-corrected chi connectivity index (χ0v) is 8.94. The van der Waals surface area contributed by atoms with Gasteiger partial charge in [0.15, 0.2) is 0 Å². The average molecular weight is 188 g/mol. The first kappa shape index (κ1) is 10.4. The second kappa shape index (κ2) is 5.13. The standard InChI is InChI=1S/C10H20OS/c1-8(11)9(2)12-10-6-4-3-5-7-10/h8-11H,3-7H2,1-2H3. The third kappa shape index (κ3) is 3.36. The Balaban J connectivity index is 2.20. The largest absolute Gasteiger partial charge is 0.392 e. The maximum Gasteiger partial charge on any atom is 0.0628 e. The highest BCUT2D eigenvalue weighted by molar-refractivity contribution is 8.00. The summed E-state index contributed by atoms with van der Waals surface area (Å²) in [6.07, 6.45) is 6.77. The molecule has 1 saturated carbocycles. The Morgan fingerprint density at radius 2 is 1.75 bits per heavy atom. The van der Waals surface area contributed by atoms with Crippen LogP contribution in [0.15, 0.2) is 0 Å². The topological polar surface area (TPSA) is 20.2 Å². The Labute approximate surface area is 79.9 Å². The Hall–Kier alpha value is 0.310. The molecule has 1 aliphatic rings. The summed E-state index contributed by atoms with van der Waals surface area (Å²) in [5.74, 6) is 0. The van der Waals surface area contributed by atoms with Gasteiger partial charge in [-0.2, -0.15) is 11.8 Å². The molecular formula is C10H20OS. The van der Waals surface area contributed by atoms with Gasteiger partial charge in [0.05, 0.1) is 6.10 Å². The summed E-state index contributed by atoms with van der Waals surface area (Å²) in [5.41, 5.74) is 0. The van der Waals surface area contributed by atoms with Crippen LogP contribution in [0.4, 0.5) is 0 Å². The van der Waals surface area contributed by atoms with E-state index >= 15 is 0 Å². The van der Waals surface area contributed by atoms with Gasteiger partial charge < -0.3 is 5.11 Å². The molecule has 12 heavy (non-hydrogen) atoms. The van der Waals surface area contributed by atoms with Crippen LogP contribution in [0.1, 0.15) is 46.0 Å². The zero-order chi connectivity index (χ0) is 8.97. The Morgan fingerprint density at radius 1 is 1.17 bits per heavy atom. The van der Waals surface area contributed by atoms with Crippen molar-refractivity contribution >= 4 is 11.8 Å². The van der Waals surface area contributed by atoms with E-state index in [9.17, 15) is 5.11 Å². The summed E-state index contributed by atoms with van der Waals surface area (Å²) < 4.78 is 0. The summed E-state index contributed by atoms with van der Waals surface area (Å²) in [7, 11) is 0. The van der Waals surface area contributed by atoms with Crippen LogP contribution in [0, 0.1) is 0 Å². The first-order chi connectivity index (χ1) is 5.70. The summed E-state index contributed by atoms with van der Waals surface area (Å²) in [4.78, 5) is 0. The normalized spacial score (nSPS) is 25.2. The summed E-state index contributed by atoms with van der Waals surface area (Å²) in [6.45, 7) is 4.02. The SMILES string of the molecule is CC(O)C(C)SC1CCCCC1. The summed E-state index contributed by atoms with van der Waals surface area (Å²) >= 11 is 1.98. The molecule has 1 nitrogen and oxygen atoms in total. The second-order valence-electron chi connectivity index (χ2n) is 3.84. The van der Waals surface area contributed by atoms with Gasteiger partial charge in [0.25, 0.3) is 0 Å². The number of aliphatic hydroxyl groups is 1. The van der Waals surface area contributed by atoms with Crippen molar-refractivity contribution in [3.05, 3.63) is 0 Å². The molecule has 72 valence electrons. The number of hydrogen-bond donors (Lipinski definition) is 1. The fourth-order valence-corrected chi connectivity index (χ4v) is 3.06.